The molecule has 1 rings (SSSR count). The smallest absolute Gasteiger partial charge is 0.329 e. The van der Waals surface area contributed by atoms with Crippen LogP contribution in [0.25, 0.3) is 0 Å². The van der Waals surface area contributed by atoms with E-state index in [0.717, 1.165) is 12.7 Å². The van der Waals surface area contributed by atoms with Gasteiger partial charge in [-0.2, -0.15) is 0 Å². The summed E-state index contributed by atoms with van der Waals surface area (Å²) >= 11 is 0. The first kappa shape index (κ1) is 12.5. The van der Waals surface area contributed by atoms with Crippen molar-refractivity contribution in [2.24, 2.45) is 5.92 Å². The fourth-order valence-electron chi connectivity index (χ4n) is 1.72. The largest absolute Gasteiger partial charge is 0.467 e. The van der Waals surface area contributed by atoms with Crippen LogP contribution in [0.4, 0.5) is 0 Å². The Morgan fingerprint density at radius 1 is 1.62 bits per heavy atom. The van der Waals surface area contributed by atoms with Crippen molar-refractivity contribution in [2.75, 3.05) is 7.11 Å². The van der Waals surface area contributed by atoms with Gasteiger partial charge in [-0.25, -0.2) is 4.79 Å². The lowest BCUT2D eigenvalue weighted by Gasteiger charge is -2.23. The molecule has 0 amide bonds. The van der Waals surface area contributed by atoms with Gasteiger partial charge >= 0.3 is 5.97 Å². The molecule has 0 aromatic carbocycles. The highest BCUT2D eigenvalue weighted by Crippen LogP contribution is 2.24. The Labute approximate surface area is 95.2 Å². The number of carbonyl (C=O) groups excluding carboxylic acids is 2. The lowest BCUT2D eigenvalue weighted by atomic mass is 9.99. The summed E-state index contributed by atoms with van der Waals surface area (Å²) in [7, 11) is 1.36. The second-order valence-electron chi connectivity index (χ2n) is 3.81. The topological polar surface area (TPSA) is 48.3 Å². The number of methoxy groups -OCH3 is 1. The summed E-state index contributed by atoms with van der Waals surface area (Å²) in [5.74, 6) is -0.188. The molecule has 2 atom stereocenters. The van der Waals surface area contributed by atoms with Crippen molar-refractivity contribution in [3.05, 3.63) is 24.0 Å². The maximum Gasteiger partial charge on any atom is 0.329 e. The van der Waals surface area contributed by atoms with Crippen LogP contribution in [0.15, 0.2) is 18.3 Å². The van der Waals surface area contributed by atoms with Gasteiger partial charge in [0.05, 0.1) is 12.8 Å². The molecule has 1 heterocycles. The minimum atomic E-state index is -0.426. The van der Waals surface area contributed by atoms with Crippen LogP contribution in [0.1, 0.15) is 36.8 Å². The highest BCUT2D eigenvalue weighted by Gasteiger charge is 2.27. The normalized spacial score (nSPS) is 14.2. The molecular weight excluding hydrogens is 206 g/mol. The quantitative estimate of drug-likeness (QED) is 0.567. The van der Waals surface area contributed by atoms with Crippen molar-refractivity contribution in [1.29, 1.82) is 0 Å². The summed E-state index contributed by atoms with van der Waals surface area (Å²) in [6.45, 7) is 3.97. The summed E-state index contributed by atoms with van der Waals surface area (Å²) in [4.78, 5) is 22.6. The van der Waals surface area contributed by atoms with E-state index in [4.69, 9.17) is 4.74 Å². The van der Waals surface area contributed by atoms with Gasteiger partial charge in [-0.15, -0.1) is 0 Å². The number of carbonyl (C=O) groups is 2. The maximum atomic E-state index is 11.7. The van der Waals surface area contributed by atoms with E-state index in [1.165, 1.54) is 7.11 Å². The van der Waals surface area contributed by atoms with Crippen LogP contribution < -0.4 is 0 Å². The van der Waals surface area contributed by atoms with Crippen molar-refractivity contribution in [1.82, 2.24) is 4.57 Å². The molecule has 16 heavy (non-hydrogen) atoms. The number of ether oxygens (including phenoxy) is 1. The zero-order chi connectivity index (χ0) is 12.1. The van der Waals surface area contributed by atoms with E-state index in [2.05, 4.69) is 0 Å². The van der Waals surface area contributed by atoms with E-state index >= 15 is 0 Å². The predicted octanol–water partition coefficient (Wildman–Crippen LogP) is 2.06. The molecule has 0 N–H and O–H groups in total. The second kappa shape index (κ2) is 5.49. The minimum absolute atomic E-state index is 0.124. The molecule has 4 heteroatoms. The first-order chi connectivity index (χ1) is 7.65. The van der Waals surface area contributed by atoms with E-state index < -0.39 is 6.04 Å². The SMILES string of the molecule is CC[C@H](C)[C@@H](C(=O)OC)n1cccc1C=O. The van der Waals surface area contributed by atoms with Crippen molar-refractivity contribution >= 4 is 12.3 Å². The van der Waals surface area contributed by atoms with E-state index in [1.807, 2.05) is 13.8 Å². The first-order valence-electron chi connectivity index (χ1n) is 5.35. The molecule has 1 aromatic heterocycles. The Morgan fingerprint density at radius 3 is 2.81 bits per heavy atom. The standard InChI is InChI=1S/C12H17NO3/c1-4-9(2)11(12(15)16-3)13-7-5-6-10(13)8-14/h5-9,11H,4H2,1-3H3/t9-,11-/m0/s1. The van der Waals surface area contributed by atoms with Gasteiger partial charge < -0.3 is 9.30 Å². The maximum absolute atomic E-state index is 11.7. The molecule has 0 fully saturated rings. The number of esters is 1. The number of hydrogen-bond donors (Lipinski definition) is 0. The van der Waals surface area contributed by atoms with Gasteiger partial charge in [0.2, 0.25) is 0 Å². The average Bonchev–Trinajstić information content (AvgIpc) is 2.76. The number of nitrogens with zero attached hydrogens (tertiary/aromatic N) is 1. The molecule has 0 radical (unpaired) electrons. The van der Waals surface area contributed by atoms with Crippen LogP contribution >= 0.6 is 0 Å². The van der Waals surface area contributed by atoms with Crippen LogP contribution in [0.3, 0.4) is 0 Å². The second-order valence-corrected chi connectivity index (χ2v) is 3.81. The van der Waals surface area contributed by atoms with E-state index in [9.17, 15) is 9.59 Å². The van der Waals surface area contributed by atoms with E-state index in [1.54, 1.807) is 22.9 Å². The fraction of sp³-hybridized carbons (Fsp3) is 0.500. The Hall–Kier alpha value is -1.58. The van der Waals surface area contributed by atoms with Gasteiger partial charge in [0.25, 0.3) is 0 Å². The lowest BCUT2D eigenvalue weighted by Crippen LogP contribution is -2.27. The van der Waals surface area contributed by atoms with Crippen LogP contribution in [-0.2, 0) is 9.53 Å². The molecule has 0 aliphatic carbocycles. The summed E-state index contributed by atoms with van der Waals surface area (Å²) < 4.78 is 6.46. The lowest BCUT2D eigenvalue weighted by molar-refractivity contribution is -0.146. The predicted molar refractivity (Wildman–Crippen MR) is 60.3 cm³/mol. The molecule has 0 saturated carbocycles. The van der Waals surface area contributed by atoms with Crippen LogP contribution in [0.2, 0.25) is 0 Å². The Kier molecular flexibility index (Phi) is 4.28. The fourth-order valence-corrected chi connectivity index (χ4v) is 1.72. The third-order valence-electron chi connectivity index (χ3n) is 2.86. The van der Waals surface area contributed by atoms with Crippen molar-refractivity contribution in [2.45, 2.75) is 26.3 Å². The highest BCUT2D eigenvalue weighted by molar-refractivity contribution is 5.78. The van der Waals surface area contributed by atoms with E-state index in [-0.39, 0.29) is 11.9 Å². The van der Waals surface area contributed by atoms with Crippen LogP contribution in [0.5, 0.6) is 0 Å². The zero-order valence-corrected chi connectivity index (χ0v) is 9.84. The summed E-state index contributed by atoms with van der Waals surface area (Å²) in [6, 6.07) is 3.01. The van der Waals surface area contributed by atoms with Crippen molar-refractivity contribution in [3.63, 3.8) is 0 Å². The summed E-state index contributed by atoms with van der Waals surface area (Å²) in [5.41, 5.74) is 0.496. The third kappa shape index (κ3) is 2.32. The number of aldehydes is 1. The number of aromatic nitrogens is 1. The summed E-state index contributed by atoms with van der Waals surface area (Å²) in [6.07, 6.45) is 3.33. The minimum Gasteiger partial charge on any atom is -0.467 e. The molecule has 0 aliphatic heterocycles. The molecule has 1 aromatic rings. The monoisotopic (exact) mass is 223 g/mol. The Morgan fingerprint density at radius 2 is 2.31 bits per heavy atom. The highest BCUT2D eigenvalue weighted by atomic mass is 16.5. The van der Waals surface area contributed by atoms with Gasteiger partial charge in [-0.3, -0.25) is 4.79 Å². The van der Waals surface area contributed by atoms with Gasteiger partial charge in [-0.1, -0.05) is 20.3 Å². The van der Waals surface area contributed by atoms with Crippen LogP contribution in [-0.4, -0.2) is 23.9 Å². The molecule has 0 spiro atoms. The molecule has 0 bridgehead atoms. The molecule has 0 saturated heterocycles. The van der Waals surface area contributed by atoms with Crippen molar-refractivity contribution in [3.8, 4) is 0 Å². The summed E-state index contributed by atoms with van der Waals surface area (Å²) in [5, 5.41) is 0. The molecular formula is C12H17NO3. The molecule has 4 nitrogen and oxygen atoms in total. The number of hydrogen-bond acceptors (Lipinski definition) is 3. The van der Waals surface area contributed by atoms with Gasteiger partial charge in [-0.05, 0) is 18.1 Å². The Bertz CT molecular complexity index is 370. The van der Waals surface area contributed by atoms with Crippen molar-refractivity contribution < 1.29 is 14.3 Å². The molecule has 0 aliphatic rings. The van der Waals surface area contributed by atoms with Gasteiger partial charge in [0.15, 0.2) is 6.29 Å². The first-order valence-corrected chi connectivity index (χ1v) is 5.35. The number of rotatable bonds is 5. The van der Waals surface area contributed by atoms with Gasteiger partial charge in [0.1, 0.15) is 6.04 Å². The van der Waals surface area contributed by atoms with E-state index in [0.29, 0.717) is 5.69 Å². The Balaban J connectivity index is 3.10. The van der Waals surface area contributed by atoms with Crippen LogP contribution in [0, 0.1) is 5.92 Å². The average molecular weight is 223 g/mol. The van der Waals surface area contributed by atoms with Gasteiger partial charge in [0, 0.05) is 6.20 Å². The zero-order valence-electron chi connectivity index (χ0n) is 9.84. The molecule has 88 valence electrons. The molecule has 0 unspecified atom stereocenters. The third-order valence-corrected chi connectivity index (χ3v) is 2.86.